The Morgan fingerprint density at radius 3 is 2.47 bits per heavy atom. The van der Waals surface area contributed by atoms with E-state index in [4.69, 9.17) is 0 Å². The third-order valence-electron chi connectivity index (χ3n) is 4.64. The molecule has 0 aromatic heterocycles. The van der Waals surface area contributed by atoms with Gasteiger partial charge in [-0.3, -0.25) is 9.59 Å². The summed E-state index contributed by atoms with van der Waals surface area (Å²) in [5, 5.41) is 6.14. The summed E-state index contributed by atoms with van der Waals surface area (Å²) in [6.45, 7) is 7.48. The van der Waals surface area contributed by atoms with Crippen LogP contribution in [0.15, 0.2) is 0 Å². The molecular formula is C14H25N3O2. The van der Waals surface area contributed by atoms with Gasteiger partial charge in [0, 0.05) is 19.0 Å². The monoisotopic (exact) mass is 267 g/mol. The van der Waals surface area contributed by atoms with Gasteiger partial charge in [0.05, 0.1) is 6.54 Å². The van der Waals surface area contributed by atoms with Crippen LogP contribution in [0.5, 0.6) is 0 Å². The number of amides is 2. The van der Waals surface area contributed by atoms with Crippen LogP contribution in [0.1, 0.15) is 33.1 Å². The molecule has 19 heavy (non-hydrogen) atoms. The van der Waals surface area contributed by atoms with Crippen molar-refractivity contribution in [1.29, 1.82) is 0 Å². The van der Waals surface area contributed by atoms with Crippen LogP contribution in [0.4, 0.5) is 0 Å². The highest BCUT2D eigenvalue weighted by Gasteiger charge is 2.57. The first-order valence-corrected chi connectivity index (χ1v) is 7.39. The third kappa shape index (κ3) is 3.08. The van der Waals surface area contributed by atoms with Gasteiger partial charge in [0.2, 0.25) is 11.8 Å². The van der Waals surface area contributed by atoms with Crippen LogP contribution in [0.2, 0.25) is 0 Å². The quantitative estimate of drug-likeness (QED) is 0.756. The second kappa shape index (κ2) is 5.90. The molecule has 2 N–H and O–H groups in total. The molecule has 0 bridgehead atoms. The summed E-state index contributed by atoms with van der Waals surface area (Å²) >= 11 is 0. The Hall–Kier alpha value is -1.10. The maximum Gasteiger partial charge on any atom is 0.241 e. The Kier molecular flexibility index (Phi) is 4.45. The fraction of sp³-hybridized carbons (Fsp3) is 0.857. The lowest BCUT2D eigenvalue weighted by atomic mass is 9.92. The Labute approximate surface area is 115 Å². The van der Waals surface area contributed by atoms with E-state index in [1.807, 2.05) is 13.8 Å². The minimum absolute atomic E-state index is 0.0124. The zero-order valence-corrected chi connectivity index (χ0v) is 12.0. The first-order valence-electron chi connectivity index (χ1n) is 7.39. The molecule has 2 rings (SSSR count). The lowest BCUT2D eigenvalue weighted by Crippen LogP contribution is -2.41. The van der Waals surface area contributed by atoms with Crippen molar-refractivity contribution in [3.63, 3.8) is 0 Å². The number of likely N-dealkylation sites (N-methyl/N-ethyl adjacent to an activating group) is 1. The SMILES string of the molecule is CCN(CC)C(=O)CNC(=O)C1CC12CCNCC2. The lowest BCUT2D eigenvalue weighted by molar-refractivity contribution is -0.133. The van der Waals surface area contributed by atoms with Crippen LogP contribution < -0.4 is 10.6 Å². The van der Waals surface area contributed by atoms with Crippen LogP contribution in [0.3, 0.4) is 0 Å². The van der Waals surface area contributed by atoms with Crippen molar-refractivity contribution in [1.82, 2.24) is 15.5 Å². The Balaban J connectivity index is 1.75. The van der Waals surface area contributed by atoms with Gasteiger partial charge in [-0.1, -0.05) is 0 Å². The van der Waals surface area contributed by atoms with E-state index in [1.165, 1.54) is 0 Å². The zero-order valence-electron chi connectivity index (χ0n) is 12.0. The van der Waals surface area contributed by atoms with Crippen molar-refractivity contribution in [3.05, 3.63) is 0 Å². The first-order chi connectivity index (χ1) is 9.13. The molecule has 5 heteroatoms. The van der Waals surface area contributed by atoms with Gasteiger partial charge >= 0.3 is 0 Å². The average molecular weight is 267 g/mol. The van der Waals surface area contributed by atoms with Gasteiger partial charge < -0.3 is 15.5 Å². The van der Waals surface area contributed by atoms with E-state index in [0.717, 1.165) is 32.4 Å². The number of carbonyl (C=O) groups is 2. The standard InChI is InChI=1S/C14H25N3O2/c1-3-17(4-2)12(18)10-16-13(19)11-9-14(11)5-7-15-8-6-14/h11,15H,3-10H2,1-2H3,(H,16,19). The second-order valence-corrected chi connectivity index (χ2v) is 5.65. The van der Waals surface area contributed by atoms with Gasteiger partial charge in [-0.15, -0.1) is 0 Å². The van der Waals surface area contributed by atoms with Gasteiger partial charge in [-0.2, -0.15) is 0 Å². The molecule has 2 fully saturated rings. The van der Waals surface area contributed by atoms with E-state index in [-0.39, 0.29) is 29.7 Å². The number of carbonyl (C=O) groups excluding carboxylic acids is 2. The summed E-state index contributed by atoms with van der Waals surface area (Å²) in [6.07, 6.45) is 3.18. The van der Waals surface area contributed by atoms with Crippen LogP contribution in [-0.4, -0.2) is 49.4 Å². The predicted octanol–water partition coefficient (Wildman–Crippen LogP) is 0.361. The van der Waals surface area contributed by atoms with Crippen LogP contribution in [-0.2, 0) is 9.59 Å². The molecule has 1 aliphatic carbocycles. The molecule has 5 nitrogen and oxygen atoms in total. The van der Waals surface area contributed by atoms with Crippen molar-refractivity contribution in [2.75, 3.05) is 32.7 Å². The number of piperidine rings is 1. The number of hydrogen-bond acceptors (Lipinski definition) is 3. The van der Waals surface area contributed by atoms with Crippen molar-refractivity contribution in [2.24, 2.45) is 11.3 Å². The second-order valence-electron chi connectivity index (χ2n) is 5.65. The molecule has 0 aromatic rings. The molecule has 1 aliphatic heterocycles. The van der Waals surface area contributed by atoms with E-state index >= 15 is 0 Å². The summed E-state index contributed by atoms with van der Waals surface area (Å²) in [5.74, 6) is 0.222. The van der Waals surface area contributed by atoms with Crippen LogP contribution >= 0.6 is 0 Å². The highest BCUT2D eigenvalue weighted by molar-refractivity contribution is 5.87. The lowest BCUT2D eigenvalue weighted by Gasteiger charge is -2.23. The molecule has 2 aliphatic rings. The van der Waals surface area contributed by atoms with Gasteiger partial charge in [-0.05, 0) is 51.6 Å². The molecule has 2 amide bonds. The Bertz CT molecular complexity index is 347. The maximum atomic E-state index is 12.1. The van der Waals surface area contributed by atoms with Crippen molar-refractivity contribution < 1.29 is 9.59 Å². The molecule has 0 radical (unpaired) electrons. The average Bonchev–Trinajstić information content (AvgIpc) is 3.12. The van der Waals surface area contributed by atoms with Crippen molar-refractivity contribution >= 4 is 11.8 Å². The molecule has 1 heterocycles. The van der Waals surface area contributed by atoms with Crippen LogP contribution in [0.25, 0.3) is 0 Å². The first kappa shape index (κ1) is 14.3. The van der Waals surface area contributed by atoms with E-state index < -0.39 is 0 Å². The summed E-state index contributed by atoms with van der Waals surface area (Å²) in [7, 11) is 0. The molecule has 1 spiro atoms. The highest BCUT2D eigenvalue weighted by Crippen LogP contribution is 2.58. The molecule has 1 saturated carbocycles. The summed E-state index contributed by atoms with van der Waals surface area (Å²) in [5.41, 5.74) is 0.244. The fourth-order valence-corrected chi connectivity index (χ4v) is 3.17. The van der Waals surface area contributed by atoms with Crippen molar-refractivity contribution in [2.45, 2.75) is 33.1 Å². The number of nitrogens with one attached hydrogen (secondary N) is 2. The summed E-state index contributed by atoms with van der Waals surface area (Å²) < 4.78 is 0. The topological polar surface area (TPSA) is 61.4 Å². The molecule has 1 saturated heterocycles. The normalized spacial score (nSPS) is 24.0. The van der Waals surface area contributed by atoms with E-state index in [2.05, 4.69) is 10.6 Å². The largest absolute Gasteiger partial charge is 0.347 e. The molecular weight excluding hydrogens is 242 g/mol. The molecule has 108 valence electrons. The predicted molar refractivity (Wildman–Crippen MR) is 73.6 cm³/mol. The highest BCUT2D eigenvalue weighted by atomic mass is 16.2. The van der Waals surface area contributed by atoms with Gasteiger partial charge in [0.1, 0.15) is 0 Å². The summed E-state index contributed by atoms with van der Waals surface area (Å²) in [6, 6.07) is 0. The Morgan fingerprint density at radius 1 is 1.26 bits per heavy atom. The number of rotatable bonds is 5. The van der Waals surface area contributed by atoms with E-state index in [9.17, 15) is 9.59 Å². The molecule has 1 unspecified atom stereocenters. The van der Waals surface area contributed by atoms with Crippen molar-refractivity contribution in [3.8, 4) is 0 Å². The fourth-order valence-electron chi connectivity index (χ4n) is 3.17. The van der Waals surface area contributed by atoms with Gasteiger partial charge in [0.15, 0.2) is 0 Å². The molecule has 0 aromatic carbocycles. The minimum atomic E-state index is 0.0124. The summed E-state index contributed by atoms with van der Waals surface area (Å²) in [4.78, 5) is 25.6. The zero-order chi connectivity index (χ0) is 13.9. The minimum Gasteiger partial charge on any atom is -0.347 e. The maximum absolute atomic E-state index is 12.1. The van der Waals surface area contributed by atoms with Gasteiger partial charge in [-0.25, -0.2) is 0 Å². The van der Waals surface area contributed by atoms with Crippen LogP contribution in [0, 0.1) is 11.3 Å². The van der Waals surface area contributed by atoms with Gasteiger partial charge in [0.25, 0.3) is 0 Å². The third-order valence-corrected chi connectivity index (χ3v) is 4.64. The Morgan fingerprint density at radius 2 is 1.89 bits per heavy atom. The number of nitrogens with zero attached hydrogens (tertiary/aromatic N) is 1. The molecule has 1 atom stereocenters. The number of hydrogen-bond donors (Lipinski definition) is 2. The van der Waals surface area contributed by atoms with E-state index in [0.29, 0.717) is 13.1 Å². The smallest absolute Gasteiger partial charge is 0.241 e. The van der Waals surface area contributed by atoms with E-state index in [1.54, 1.807) is 4.90 Å².